The minimum Gasteiger partial charge on any atom is -0.435 e. The van der Waals surface area contributed by atoms with E-state index in [0.717, 1.165) is 5.56 Å². The number of alkyl halides is 2. The molecule has 0 radical (unpaired) electrons. The summed E-state index contributed by atoms with van der Waals surface area (Å²) >= 11 is 1.49. The van der Waals surface area contributed by atoms with Crippen molar-refractivity contribution in [1.82, 2.24) is 14.9 Å². The number of benzene rings is 2. The average Bonchev–Trinajstić information content (AvgIpc) is 2.96. The van der Waals surface area contributed by atoms with Crippen LogP contribution in [0.1, 0.15) is 17.7 Å². The van der Waals surface area contributed by atoms with Crippen LogP contribution in [-0.2, 0) is 0 Å². The van der Waals surface area contributed by atoms with Crippen LogP contribution in [0.4, 0.5) is 8.78 Å². The van der Waals surface area contributed by atoms with Gasteiger partial charge in [-0.2, -0.15) is 8.78 Å². The highest BCUT2D eigenvalue weighted by molar-refractivity contribution is 7.99. The Kier molecular flexibility index (Phi) is 5.18. The van der Waals surface area contributed by atoms with Crippen molar-refractivity contribution in [1.29, 1.82) is 0 Å². The Labute approximate surface area is 147 Å². The van der Waals surface area contributed by atoms with Gasteiger partial charge in [0.2, 0.25) is 5.16 Å². The van der Waals surface area contributed by atoms with E-state index < -0.39 is 6.61 Å². The van der Waals surface area contributed by atoms with Gasteiger partial charge in [-0.3, -0.25) is 0 Å². The molecule has 0 saturated carbocycles. The molecular formula is C17H16F2N4OS. The molecule has 0 aliphatic heterocycles. The molecule has 8 heteroatoms. The second kappa shape index (κ2) is 7.52. The predicted molar refractivity (Wildman–Crippen MR) is 93.0 cm³/mol. The van der Waals surface area contributed by atoms with Crippen molar-refractivity contribution >= 4 is 11.8 Å². The second-order valence-corrected chi connectivity index (χ2v) is 6.56. The topological polar surface area (TPSA) is 66.0 Å². The number of hydrogen-bond donors (Lipinski definition) is 1. The van der Waals surface area contributed by atoms with Gasteiger partial charge in [-0.15, -0.1) is 10.2 Å². The zero-order chi connectivity index (χ0) is 17.8. The van der Waals surface area contributed by atoms with Gasteiger partial charge in [0.05, 0.1) is 0 Å². The summed E-state index contributed by atoms with van der Waals surface area (Å²) in [4.78, 5) is 0. The maximum absolute atomic E-state index is 12.2. The lowest BCUT2D eigenvalue weighted by atomic mass is 10.2. The summed E-state index contributed by atoms with van der Waals surface area (Å²) < 4.78 is 30.1. The Morgan fingerprint density at radius 1 is 1.04 bits per heavy atom. The minimum absolute atomic E-state index is 0.0779. The van der Waals surface area contributed by atoms with Gasteiger partial charge in [-0.1, -0.05) is 42.1 Å². The van der Waals surface area contributed by atoms with Crippen LogP contribution >= 0.6 is 11.8 Å². The number of ether oxygens (including phenoxy) is 1. The fourth-order valence-electron chi connectivity index (χ4n) is 2.29. The standard InChI is InChI=1S/C17H16F2N4OS/c1-11(12-5-3-2-4-6-12)25-17-22-21-15(23(17)20)13-7-9-14(10-8-13)24-16(18)19/h2-11,16H,20H2,1H3. The van der Waals surface area contributed by atoms with E-state index in [2.05, 4.69) is 21.9 Å². The summed E-state index contributed by atoms with van der Waals surface area (Å²) in [5.41, 5.74) is 1.82. The van der Waals surface area contributed by atoms with Gasteiger partial charge < -0.3 is 10.6 Å². The third-order valence-electron chi connectivity index (χ3n) is 3.55. The molecule has 1 unspecified atom stereocenters. The molecule has 0 bridgehead atoms. The molecule has 0 amide bonds. The molecule has 3 rings (SSSR count). The largest absolute Gasteiger partial charge is 0.435 e. The van der Waals surface area contributed by atoms with E-state index in [1.54, 1.807) is 12.1 Å². The fourth-order valence-corrected chi connectivity index (χ4v) is 3.19. The molecule has 1 aromatic heterocycles. The fraction of sp³-hybridized carbons (Fsp3) is 0.176. The highest BCUT2D eigenvalue weighted by atomic mass is 32.2. The van der Waals surface area contributed by atoms with Crippen molar-refractivity contribution in [3.8, 4) is 17.1 Å². The van der Waals surface area contributed by atoms with Crippen molar-refractivity contribution in [2.45, 2.75) is 23.9 Å². The molecule has 0 aliphatic rings. The van der Waals surface area contributed by atoms with Crippen molar-refractivity contribution in [2.24, 2.45) is 0 Å². The first-order valence-electron chi connectivity index (χ1n) is 7.52. The molecule has 0 fully saturated rings. The Bertz CT molecular complexity index is 824. The average molecular weight is 362 g/mol. The third kappa shape index (κ3) is 4.08. The highest BCUT2D eigenvalue weighted by Gasteiger charge is 2.16. The summed E-state index contributed by atoms with van der Waals surface area (Å²) in [6.07, 6.45) is 0. The van der Waals surface area contributed by atoms with Gasteiger partial charge in [0, 0.05) is 10.8 Å². The van der Waals surface area contributed by atoms with Crippen molar-refractivity contribution in [2.75, 3.05) is 5.84 Å². The van der Waals surface area contributed by atoms with Crippen molar-refractivity contribution in [3.63, 3.8) is 0 Å². The number of nitrogens with zero attached hydrogens (tertiary/aromatic N) is 3. The van der Waals surface area contributed by atoms with E-state index in [-0.39, 0.29) is 11.0 Å². The van der Waals surface area contributed by atoms with Crippen molar-refractivity contribution in [3.05, 3.63) is 60.2 Å². The van der Waals surface area contributed by atoms with Gasteiger partial charge in [0.1, 0.15) is 5.75 Å². The first kappa shape index (κ1) is 17.2. The molecule has 0 aliphatic carbocycles. The van der Waals surface area contributed by atoms with E-state index >= 15 is 0 Å². The van der Waals surface area contributed by atoms with Gasteiger partial charge in [0.15, 0.2) is 5.82 Å². The lowest BCUT2D eigenvalue weighted by Crippen LogP contribution is -2.12. The summed E-state index contributed by atoms with van der Waals surface area (Å²) in [5.74, 6) is 6.63. The van der Waals surface area contributed by atoms with Crippen LogP contribution in [0.5, 0.6) is 5.75 Å². The van der Waals surface area contributed by atoms with Crippen LogP contribution in [0.15, 0.2) is 59.8 Å². The van der Waals surface area contributed by atoms with Crippen LogP contribution in [0.2, 0.25) is 0 Å². The van der Waals surface area contributed by atoms with Crippen molar-refractivity contribution < 1.29 is 13.5 Å². The SMILES string of the molecule is CC(Sc1nnc(-c2ccc(OC(F)F)cc2)n1N)c1ccccc1. The van der Waals surface area contributed by atoms with E-state index in [9.17, 15) is 8.78 Å². The summed E-state index contributed by atoms with van der Waals surface area (Å²) in [6, 6.07) is 16.1. The summed E-state index contributed by atoms with van der Waals surface area (Å²) in [5, 5.41) is 8.95. The molecule has 1 heterocycles. The molecule has 130 valence electrons. The lowest BCUT2D eigenvalue weighted by molar-refractivity contribution is -0.0498. The van der Waals surface area contributed by atoms with Crippen LogP contribution in [0.3, 0.4) is 0 Å². The number of nitrogens with two attached hydrogens (primary N) is 1. The molecule has 0 spiro atoms. The molecule has 3 aromatic rings. The summed E-state index contributed by atoms with van der Waals surface area (Å²) in [7, 11) is 0. The van der Waals surface area contributed by atoms with E-state index in [1.807, 2.05) is 30.3 Å². The van der Waals surface area contributed by atoms with Gasteiger partial charge in [-0.25, -0.2) is 4.68 Å². The number of halogens is 2. The quantitative estimate of drug-likeness (QED) is 0.528. The van der Waals surface area contributed by atoms with Gasteiger partial charge in [0.25, 0.3) is 0 Å². The molecule has 5 nitrogen and oxygen atoms in total. The van der Waals surface area contributed by atoms with Crippen LogP contribution in [0, 0.1) is 0 Å². The smallest absolute Gasteiger partial charge is 0.387 e. The zero-order valence-corrected chi connectivity index (χ0v) is 14.2. The normalized spacial score (nSPS) is 12.3. The predicted octanol–water partition coefficient (Wildman–Crippen LogP) is 4.11. The second-order valence-electron chi connectivity index (χ2n) is 5.25. The Hall–Kier alpha value is -2.61. The lowest BCUT2D eigenvalue weighted by Gasteiger charge is -2.11. The Morgan fingerprint density at radius 2 is 1.72 bits per heavy atom. The van der Waals surface area contributed by atoms with Gasteiger partial charge >= 0.3 is 6.61 Å². The van der Waals surface area contributed by atoms with Gasteiger partial charge in [-0.05, 0) is 36.8 Å². The minimum atomic E-state index is -2.86. The monoisotopic (exact) mass is 362 g/mol. The first-order chi connectivity index (χ1) is 12.0. The maximum atomic E-state index is 12.2. The number of nitrogen functional groups attached to an aromatic ring is 1. The van der Waals surface area contributed by atoms with E-state index in [1.165, 1.54) is 28.6 Å². The Morgan fingerprint density at radius 3 is 2.36 bits per heavy atom. The number of hydrogen-bond acceptors (Lipinski definition) is 5. The van der Waals surface area contributed by atoms with Crippen LogP contribution in [-0.4, -0.2) is 21.5 Å². The molecule has 1 atom stereocenters. The number of rotatable bonds is 6. The van der Waals surface area contributed by atoms with E-state index in [4.69, 9.17) is 5.84 Å². The molecule has 25 heavy (non-hydrogen) atoms. The number of aromatic nitrogens is 3. The first-order valence-corrected chi connectivity index (χ1v) is 8.40. The van der Waals surface area contributed by atoms with Crippen LogP contribution in [0.25, 0.3) is 11.4 Å². The Balaban J connectivity index is 1.77. The van der Waals surface area contributed by atoms with Crippen LogP contribution < -0.4 is 10.6 Å². The number of thioether (sulfide) groups is 1. The molecule has 0 saturated heterocycles. The molecule has 2 aromatic carbocycles. The molecular weight excluding hydrogens is 346 g/mol. The maximum Gasteiger partial charge on any atom is 0.387 e. The van der Waals surface area contributed by atoms with E-state index in [0.29, 0.717) is 16.5 Å². The molecule has 2 N–H and O–H groups in total. The highest BCUT2D eigenvalue weighted by Crippen LogP contribution is 2.34. The third-order valence-corrected chi connectivity index (χ3v) is 4.67. The summed E-state index contributed by atoms with van der Waals surface area (Å²) in [6.45, 7) is -0.795. The zero-order valence-electron chi connectivity index (χ0n) is 13.3.